The summed E-state index contributed by atoms with van der Waals surface area (Å²) in [4.78, 5) is 0.541. The van der Waals surface area contributed by atoms with Crippen LogP contribution < -0.4 is 5.32 Å². The highest BCUT2D eigenvalue weighted by atomic mass is 32.1. The summed E-state index contributed by atoms with van der Waals surface area (Å²) in [5, 5.41) is 3.04. The molecule has 0 fully saturated rings. The van der Waals surface area contributed by atoms with Crippen LogP contribution in [-0.4, -0.2) is 4.99 Å². The van der Waals surface area contributed by atoms with E-state index in [0.29, 0.717) is 11.5 Å². The van der Waals surface area contributed by atoms with Gasteiger partial charge in [0, 0.05) is 12.1 Å². The average Bonchev–Trinajstić information content (AvgIpc) is 2.38. The molecule has 0 aliphatic rings. The molecule has 0 saturated carbocycles. The van der Waals surface area contributed by atoms with E-state index in [0.717, 1.165) is 11.1 Å². The van der Waals surface area contributed by atoms with Gasteiger partial charge in [0.25, 0.3) is 0 Å². The van der Waals surface area contributed by atoms with Crippen LogP contribution >= 0.6 is 12.2 Å². The topological polar surface area (TPSA) is 12.0 Å². The number of halogens is 2. The van der Waals surface area contributed by atoms with Crippen LogP contribution in [0.5, 0.6) is 0 Å². The van der Waals surface area contributed by atoms with E-state index in [2.05, 4.69) is 5.32 Å². The second-order valence-electron chi connectivity index (χ2n) is 3.82. The van der Waals surface area contributed by atoms with Gasteiger partial charge in [0.2, 0.25) is 0 Å². The summed E-state index contributed by atoms with van der Waals surface area (Å²) >= 11 is 5.18. The van der Waals surface area contributed by atoms with Crippen LogP contribution in [0.1, 0.15) is 11.1 Å². The summed E-state index contributed by atoms with van der Waals surface area (Å²) in [7, 11) is 0. The zero-order valence-electron chi connectivity index (χ0n) is 9.49. The van der Waals surface area contributed by atoms with Crippen LogP contribution in [-0.2, 0) is 6.54 Å². The minimum absolute atomic E-state index is 0.264. The average molecular weight is 263 g/mol. The largest absolute Gasteiger partial charge is 0.372 e. The molecule has 1 nitrogen and oxygen atoms in total. The number of hydrogen-bond acceptors (Lipinski definition) is 1. The zero-order valence-corrected chi connectivity index (χ0v) is 10.3. The van der Waals surface area contributed by atoms with E-state index in [1.807, 2.05) is 0 Å². The van der Waals surface area contributed by atoms with Crippen molar-refractivity contribution in [3.05, 3.63) is 71.3 Å². The molecule has 0 heterocycles. The Bertz CT molecular complexity index is 535. The van der Waals surface area contributed by atoms with Crippen molar-refractivity contribution in [1.29, 1.82) is 0 Å². The van der Waals surface area contributed by atoms with E-state index < -0.39 is 0 Å². The molecular formula is C14H11F2NS. The highest BCUT2D eigenvalue weighted by Gasteiger charge is 2.01. The quantitative estimate of drug-likeness (QED) is 0.851. The molecule has 2 rings (SSSR count). The molecule has 92 valence electrons. The first-order chi connectivity index (χ1) is 8.65. The number of thiocarbonyl (C=S) groups is 1. The van der Waals surface area contributed by atoms with Crippen molar-refractivity contribution in [2.75, 3.05) is 0 Å². The lowest BCUT2D eigenvalue weighted by Gasteiger charge is -2.08. The standard InChI is InChI=1S/C14H11F2NS/c15-12-5-1-10(2-6-12)9-17-14(18)11-3-7-13(16)8-4-11/h1-8H,9H2,(H,17,18). The van der Waals surface area contributed by atoms with Crippen molar-refractivity contribution in [3.63, 3.8) is 0 Å². The van der Waals surface area contributed by atoms with Crippen LogP contribution in [0.25, 0.3) is 0 Å². The molecule has 2 aromatic carbocycles. The van der Waals surface area contributed by atoms with Gasteiger partial charge in [-0.25, -0.2) is 8.78 Å². The summed E-state index contributed by atoms with van der Waals surface area (Å²) in [5.41, 5.74) is 1.69. The fourth-order valence-electron chi connectivity index (χ4n) is 1.49. The fourth-order valence-corrected chi connectivity index (χ4v) is 1.70. The SMILES string of the molecule is Fc1ccc(CNC(=S)c2ccc(F)cc2)cc1. The van der Waals surface area contributed by atoms with Crippen LogP contribution in [0.4, 0.5) is 8.78 Å². The van der Waals surface area contributed by atoms with Gasteiger partial charge in [-0.3, -0.25) is 0 Å². The van der Waals surface area contributed by atoms with Gasteiger partial charge in [0.15, 0.2) is 0 Å². The van der Waals surface area contributed by atoms with Crippen LogP contribution in [0.3, 0.4) is 0 Å². The van der Waals surface area contributed by atoms with Crippen LogP contribution in [0.15, 0.2) is 48.5 Å². The molecular weight excluding hydrogens is 252 g/mol. The molecule has 0 unspecified atom stereocenters. The fraction of sp³-hybridized carbons (Fsp3) is 0.0714. The molecule has 2 aromatic rings. The number of nitrogens with one attached hydrogen (secondary N) is 1. The van der Waals surface area contributed by atoms with Gasteiger partial charge >= 0.3 is 0 Å². The van der Waals surface area contributed by atoms with Gasteiger partial charge in [-0.1, -0.05) is 24.4 Å². The van der Waals surface area contributed by atoms with E-state index >= 15 is 0 Å². The second kappa shape index (κ2) is 5.69. The first kappa shape index (κ1) is 12.6. The third-order valence-electron chi connectivity index (χ3n) is 2.47. The highest BCUT2D eigenvalue weighted by molar-refractivity contribution is 7.80. The summed E-state index contributed by atoms with van der Waals surface area (Å²) in [6.45, 7) is 0.510. The Labute approximate surface area is 109 Å². The predicted octanol–water partition coefficient (Wildman–Crippen LogP) is 3.43. The molecule has 0 aromatic heterocycles. The molecule has 0 spiro atoms. The van der Waals surface area contributed by atoms with E-state index in [1.54, 1.807) is 24.3 Å². The molecule has 18 heavy (non-hydrogen) atoms. The Morgan fingerprint density at radius 3 is 1.94 bits per heavy atom. The number of rotatable bonds is 3. The normalized spacial score (nSPS) is 10.1. The summed E-state index contributed by atoms with van der Waals surface area (Å²) < 4.78 is 25.4. The van der Waals surface area contributed by atoms with Gasteiger partial charge in [-0.2, -0.15) is 0 Å². The van der Waals surface area contributed by atoms with E-state index in [-0.39, 0.29) is 11.6 Å². The minimum Gasteiger partial charge on any atom is -0.372 e. The van der Waals surface area contributed by atoms with Crippen molar-refractivity contribution < 1.29 is 8.78 Å². The second-order valence-corrected chi connectivity index (χ2v) is 4.22. The predicted molar refractivity (Wildman–Crippen MR) is 71.3 cm³/mol. The van der Waals surface area contributed by atoms with Crippen molar-refractivity contribution in [1.82, 2.24) is 5.32 Å². The first-order valence-corrected chi connectivity index (χ1v) is 5.84. The summed E-state index contributed by atoms with van der Waals surface area (Å²) in [6.07, 6.45) is 0. The van der Waals surface area contributed by atoms with Gasteiger partial charge in [0.1, 0.15) is 16.6 Å². The molecule has 0 bridgehead atoms. The molecule has 0 saturated heterocycles. The zero-order chi connectivity index (χ0) is 13.0. The third kappa shape index (κ3) is 3.34. The van der Waals surface area contributed by atoms with E-state index in [1.165, 1.54) is 24.3 Å². The summed E-state index contributed by atoms with van der Waals surface area (Å²) in [5.74, 6) is -0.556. The third-order valence-corrected chi connectivity index (χ3v) is 2.85. The van der Waals surface area contributed by atoms with Gasteiger partial charge in [-0.15, -0.1) is 0 Å². The Kier molecular flexibility index (Phi) is 3.99. The molecule has 1 N–H and O–H groups in total. The number of benzene rings is 2. The van der Waals surface area contributed by atoms with Gasteiger partial charge in [-0.05, 0) is 42.0 Å². The van der Waals surface area contributed by atoms with E-state index in [4.69, 9.17) is 12.2 Å². The van der Waals surface area contributed by atoms with Crippen molar-refractivity contribution in [2.24, 2.45) is 0 Å². The first-order valence-electron chi connectivity index (χ1n) is 5.43. The van der Waals surface area contributed by atoms with Crippen molar-refractivity contribution in [2.45, 2.75) is 6.54 Å². The lowest BCUT2D eigenvalue weighted by molar-refractivity contribution is 0.626. The Hall–Kier alpha value is -1.81. The van der Waals surface area contributed by atoms with Gasteiger partial charge in [0.05, 0.1) is 0 Å². The van der Waals surface area contributed by atoms with E-state index in [9.17, 15) is 8.78 Å². The Morgan fingerprint density at radius 1 is 0.889 bits per heavy atom. The van der Waals surface area contributed by atoms with Crippen LogP contribution in [0.2, 0.25) is 0 Å². The number of hydrogen-bond donors (Lipinski definition) is 1. The maximum atomic E-state index is 12.7. The lowest BCUT2D eigenvalue weighted by Crippen LogP contribution is -2.21. The molecule has 0 aliphatic carbocycles. The Morgan fingerprint density at radius 2 is 1.39 bits per heavy atom. The smallest absolute Gasteiger partial charge is 0.123 e. The van der Waals surface area contributed by atoms with Crippen molar-refractivity contribution >= 4 is 17.2 Å². The molecule has 0 amide bonds. The Balaban J connectivity index is 1.96. The summed E-state index contributed by atoms with van der Waals surface area (Å²) in [6, 6.07) is 12.1. The highest BCUT2D eigenvalue weighted by Crippen LogP contribution is 2.05. The maximum Gasteiger partial charge on any atom is 0.123 e. The molecule has 0 aliphatic heterocycles. The molecule has 0 radical (unpaired) electrons. The molecule has 4 heteroatoms. The lowest BCUT2D eigenvalue weighted by atomic mass is 10.2. The van der Waals surface area contributed by atoms with Gasteiger partial charge < -0.3 is 5.32 Å². The minimum atomic E-state index is -0.292. The van der Waals surface area contributed by atoms with Crippen LogP contribution in [0, 0.1) is 11.6 Å². The monoisotopic (exact) mass is 263 g/mol. The maximum absolute atomic E-state index is 12.7. The molecule has 0 atom stereocenters. The van der Waals surface area contributed by atoms with Crippen molar-refractivity contribution in [3.8, 4) is 0 Å².